The Balaban J connectivity index is 2.21. The fourth-order valence-electron chi connectivity index (χ4n) is 2.78. The number of alkyl halides is 3. The van der Waals surface area contributed by atoms with Gasteiger partial charge in [-0.15, -0.1) is 0 Å². The highest BCUT2D eigenvalue weighted by Crippen LogP contribution is 2.46. The van der Waals surface area contributed by atoms with Gasteiger partial charge in [-0.05, 0) is 17.0 Å². The van der Waals surface area contributed by atoms with Crippen molar-refractivity contribution in [3.8, 4) is 16.3 Å². The predicted molar refractivity (Wildman–Crippen MR) is 103 cm³/mol. The second-order valence-electron chi connectivity index (χ2n) is 7.28. The lowest BCUT2D eigenvalue weighted by Crippen LogP contribution is -2.16. The molecule has 0 aliphatic carbocycles. The average molecular weight is 409 g/mol. The maximum Gasteiger partial charge on any atom is 0.417 e. The van der Waals surface area contributed by atoms with Gasteiger partial charge in [0.25, 0.3) is 0 Å². The summed E-state index contributed by atoms with van der Waals surface area (Å²) in [6, 6.07) is 8.13. The van der Waals surface area contributed by atoms with Gasteiger partial charge < -0.3 is 16.2 Å². The van der Waals surface area contributed by atoms with Crippen molar-refractivity contribution in [1.29, 1.82) is 0 Å². The molecule has 148 valence electrons. The lowest BCUT2D eigenvalue weighted by atomic mass is 9.86. The number of hydrogen-bond acceptors (Lipinski definition) is 5. The molecule has 0 saturated carbocycles. The molecule has 1 amide bonds. The summed E-state index contributed by atoms with van der Waals surface area (Å²) in [4.78, 5) is 15.3. The van der Waals surface area contributed by atoms with Crippen molar-refractivity contribution in [1.82, 2.24) is 4.98 Å². The molecule has 2 aromatic heterocycles. The molecule has 0 fully saturated rings. The number of anilines is 1. The van der Waals surface area contributed by atoms with Crippen LogP contribution >= 0.6 is 11.3 Å². The number of thiophene rings is 1. The molecule has 0 aliphatic rings. The molecule has 0 bridgehead atoms. The molecular weight excluding hydrogens is 391 g/mol. The van der Waals surface area contributed by atoms with Crippen LogP contribution in [0.15, 0.2) is 30.3 Å². The fourth-order valence-corrected chi connectivity index (χ4v) is 3.76. The zero-order chi connectivity index (χ0) is 20.9. The summed E-state index contributed by atoms with van der Waals surface area (Å²) >= 11 is 0.740. The van der Waals surface area contributed by atoms with E-state index in [4.69, 9.17) is 16.2 Å². The second-order valence-corrected chi connectivity index (χ2v) is 8.25. The monoisotopic (exact) mass is 409 g/mol. The topological polar surface area (TPSA) is 91.2 Å². The van der Waals surface area contributed by atoms with Gasteiger partial charge in [-0.1, -0.05) is 56.4 Å². The van der Waals surface area contributed by atoms with Crippen LogP contribution in [0.4, 0.5) is 23.7 Å². The Labute approximate surface area is 163 Å². The van der Waals surface area contributed by atoms with Gasteiger partial charge in [0, 0.05) is 5.56 Å². The standard InChI is InChI=1S/C19H18F3N3O2S/c1-18(2,3)10-6-4-9(5-7-10)12-8-11(19(20,21)22)13-14(23)16(27-17(24)26)28-15(13)25-12/h4-8H,23H2,1-3H3,(H2,24,26). The third-order valence-electron chi connectivity index (χ3n) is 4.21. The molecule has 0 unspecified atom stereocenters. The van der Waals surface area contributed by atoms with Crippen molar-refractivity contribution in [2.45, 2.75) is 32.4 Å². The van der Waals surface area contributed by atoms with Crippen LogP contribution in [0.3, 0.4) is 0 Å². The van der Waals surface area contributed by atoms with Gasteiger partial charge in [0.15, 0.2) is 0 Å². The number of pyridine rings is 1. The number of hydrogen-bond donors (Lipinski definition) is 2. The molecule has 9 heteroatoms. The van der Waals surface area contributed by atoms with E-state index >= 15 is 0 Å². The number of rotatable bonds is 2. The Morgan fingerprint density at radius 2 is 1.75 bits per heavy atom. The van der Waals surface area contributed by atoms with E-state index in [9.17, 15) is 18.0 Å². The number of aromatic nitrogens is 1. The maximum atomic E-state index is 13.7. The van der Waals surface area contributed by atoms with Crippen LogP contribution in [-0.2, 0) is 11.6 Å². The smallest absolute Gasteiger partial charge is 0.397 e. The maximum absolute atomic E-state index is 13.7. The molecule has 28 heavy (non-hydrogen) atoms. The summed E-state index contributed by atoms with van der Waals surface area (Å²) in [6.45, 7) is 6.13. The van der Waals surface area contributed by atoms with Gasteiger partial charge in [0.2, 0.25) is 5.06 Å². The van der Waals surface area contributed by atoms with Crippen molar-refractivity contribution in [3.63, 3.8) is 0 Å². The van der Waals surface area contributed by atoms with Crippen LogP contribution in [0.2, 0.25) is 0 Å². The fraction of sp³-hybridized carbons (Fsp3) is 0.263. The zero-order valence-electron chi connectivity index (χ0n) is 15.3. The van der Waals surface area contributed by atoms with Crippen LogP contribution in [0.5, 0.6) is 5.06 Å². The first-order valence-corrected chi connectivity index (χ1v) is 9.08. The highest BCUT2D eigenvalue weighted by atomic mass is 32.1. The SMILES string of the molecule is CC(C)(C)c1ccc(-c2cc(C(F)(F)F)c3c(N)c(OC(N)=O)sc3n2)cc1. The minimum absolute atomic E-state index is 0.0125. The number of primary amides is 1. The van der Waals surface area contributed by atoms with E-state index in [1.165, 1.54) is 0 Å². The molecular formula is C19H18F3N3O2S. The lowest BCUT2D eigenvalue weighted by molar-refractivity contribution is -0.136. The number of benzene rings is 1. The summed E-state index contributed by atoms with van der Waals surface area (Å²) in [5.41, 5.74) is 11.1. The van der Waals surface area contributed by atoms with Crippen molar-refractivity contribution in [2.75, 3.05) is 5.73 Å². The summed E-state index contributed by atoms with van der Waals surface area (Å²) in [5.74, 6) is 0. The summed E-state index contributed by atoms with van der Waals surface area (Å²) in [5, 5.41) is -0.510. The Bertz CT molecular complexity index is 1050. The predicted octanol–water partition coefficient (Wildman–Crippen LogP) is 5.32. The lowest BCUT2D eigenvalue weighted by Gasteiger charge is -2.19. The van der Waals surface area contributed by atoms with Gasteiger partial charge in [0.05, 0.1) is 22.3 Å². The third-order valence-corrected chi connectivity index (χ3v) is 5.19. The largest absolute Gasteiger partial charge is 0.417 e. The van der Waals surface area contributed by atoms with Crippen molar-refractivity contribution in [2.24, 2.45) is 5.73 Å². The number of ether oxygens (including phenoxy) is 1. The van der Waals surface area contributed by atoms with E-state index in [1.54, 1.807) is 12.1 Å². The van der Waals surface area contributed by atoms with Crippen LogP contribution in [0.1, 0.15) is 31.9 Å². The number of carbonyl (C=O) groups is 1. The third kappa shape index (κ3) is 3.75. The number of carbonyl (C=O) groups excluding carboxylic acids is 1. The average Bonchev–Trinajstić information content (AvgIpc) is 2.88. The van der Waals surface area contributed by atoms with E-state index in [-0.39, 0.29) is 32.1 Å². The Kier molecular flexibility index (Phi) is 4.74. The summed E-state index contributed by atoms with van der Waals surface area (Å²) in [7, 11) is 0. The highest BCUT2D eigenvalue weighted by molar-refractivity contribution is 7.21. The summed E-state index contributed by atoms with van der Waals surface area (Å²) in [6.07, 6.45) is -5.83. The molecule has 0 aliphatic heterocycles. The number of nitrogen functional groups attached to an aromatic ring is 1. The highest BCUT2D eigenvalue weighted by Gasteiger charge is 2.36. The van der Waals surface area contributed by atoms with E-state index in [0.717, 1.165) is 23.0 Å². The first kappa shape index (κ1) is 19.9. The molecule has 3 aromatic rings. The Morgan fingerprint density at radius 1 is 1.14 bits per heavy atom. The van der Waals surface area contributed by atoms with Gasteiger partial charge in [-0.2, -0.15) is 13.2 Å². The molecule has 4 N–H and O–H groups in total. The first-order valence-electron chi connectivity index (χ1n) is 8.26. The van der Waals surface area contributed by atoms with E-state index in [2.05, 4.69) is 4.98 Å². The molecule has 5 nitrogen and oxygen atoms in total. The minimum Gasteiger partial charge on any atom is -0.397 e. The second kappa shape index (κ2) is 6.66. The van der Waals surface area contributed by atoms with Gasteiger partial charge in [0.1, 0.15) is 4.83 Å². The van der Waals surface area contributed by atoms with E-state index in [1.807, 2.05) is 32.9 Å². The quantitative estimate of drug-likeness (QED) is 0.599. The molecule has 0 spiro atoms. The number of nitrogens with zero attached hydrogens (tertiary/aromatic N) is 1. The Hall–Kier alpha value is -2.81. The molecule has 3 rings (SSSR count). The molecule has 0 saturated heterocycles. The Morgan fingerprint density at radius 3 is 2.25 bits per heavy atom. The van der Waals surface area contributed by atoms with Gasteiger partial charge in [-0.3, -0.25) is 0 Å². The first-order chi connectivity index (χ1) is 12.9. The number of nitrogens with two attached hydrogens (primary N) is 2. The van der Waals surface area contributed by atoms with E-state index in [0.29, 0.717) is 5.56 Å². The molecule has 0 radical (unpaired) electrons. The summed E-state index contributed by atoms with van der Waals surface area (Å²) < 4.78 is 45.7. The van der Waals surface area contributed by atoms with Gasteiger partial charge >= 0.3 is 12.3 Å². The number of amides is 1. The van der Waals surface area contributed by atoms with Crippen LogP contribution in [-0.4, -0.2) is 11.1 Å². The molecule has 0 atom stereocenters. The molecule has 1 aromatic carbocycles. The normalized spacial score (nSPS) is 12.4. The number of fused-ring (bicyclic) bond motifs is 1. The zero-order valence-corrected chi connectivity index (χ0v) is 16.2. The van der Waals surface area contributed by atoms with Gasteiger partial charge in [-0.25, -0.2) is 9.78 Å². The number of halogens is 3. The van der Waals surface area contributed by atoms with Crippen LogP contribution < -0.4 is 16.2 Å². The van der Waals surface area contributed by atoms with Crippen LogP contribution in [0, 0.1) is 0 Å². The van der Waals surface area contributed by atoms with E-state index < -0.39 is 17.8 Å². The van der Waals surface area contributed by atoms with Crippen molar-refractivity contribution in [3.05, 3.63) is 41.5 Å². The molecule has 2 heterocycles. The van der Waals surface area contributed by atoms with Crippen molar-refractivity contribution < 1.29 is 22.7 Å². The minimum atomic E-state index is -4.67. The van der Waals surface area contributed by atoms with Crippen LogP contribution in [0.25, 0.3) is 21.5 Å². The van der Waals surface area contributed by atoms with Crippen molar-refractivity contribution >= 4 is 33.3 Å².